The van der Waals surface area contributed by atoms with E-state index in [1.54, 1.807) is 0 Å². The molecule has 0 amide bonds. The molecular weight excluding hydrogens is 318 g/mol. The average molecular weight is 344 g/mol. The van der Waals surface area contributed by atoms with Gasteiger partial charge in [0.05, 0.1) is 0 Å². The summed E-state index contributed by atoms with van der Waals surface area (Å²) in [5, 5.41) is 3.83. The standard InChI is InChI=1S/C16H26BrNS/c1-4-10-18-15(14-13(17)11-12(2)19-14)16(3)8-6-5-7-9-16/h11,15,18H,4-10H2,1-3H3. The molecule has 1 unspecified atom stereocenters. The fourth-order valence-corrected chi connectivity index (χ4v) is 5.42. The van der Waals surface area contributed by atoms with Crippen LogP contribution in [0.2, 0.25) is 0 Å². The van der Waals surface area contributed by atoms with E-state index in [1.807, 2.05) is 11.3 Å². The van der Waals surface area contributed by atoms with Crippen LogP contribution in [-0.2, 0) is 0 Å². The Morgan fingerprint density at radius 2 is 2.05 bits per heavy atom. The van der Waals surface area contributed by atoms with Gasteiger partial charge < -0.3 is 5.32 Å². The number of rotatable bonds is 5. The molecule has 19 heavy (non-hydrogen) atoms. The summed E-state index contributed by atoms with van der Waals surface area (Å²) in [6, 6.07) is 2.79. The van der Waals surface area contributed by atoms with Crippen LogP contribution in [0.25, 0.3) is 0 Å². The summed E-state index contributed by atoms with van der Waals surface area (Å²) in [6.45, 7) is 8.06. The summed E-state index contributed by atoms with van der Waals surface area (Å²) in [7, 11) is 0. The van der Waals surface area contributed by atoms with Crippen molar-refractivity contribution in [2.75, 3.05) is 6.54 Å². The lowest BCUT2D eigenvalue weighted by atomic mass is 9.70. The van der Waals surface area contributed by atoms with E-state index in [0.717, 1.165) is 6.54 Å². The van der Waals surface area contributed by atoms with Crippen molar-refractivity contribution in [3.63, 3.8) is 0 Å². The third kappa shape index (κ3) is 3.62. The predicted octanol–water partition coefficient (Wildman–Crippen LogP) is 5.83. The predicted molar refractivity (Wildman–Crippen MR) is 89.0 cm³/mol. The maximum Gasteiger partial charge on any atom is 0.0480 e. The topological polar surface area (TPSA) is 12.0 Å². The summed E-state index contributed by atoms with van der Waals surface area (Å²) in [5.74, 6) is 0. The third-order valence-electron chi connectivity index (χ3n) is 4.39. The summed E-state index contributed by atoms with van der Waals surface area (Å²) in [4.78, 5) is 2.92. The van der Waals surface area contributed by atoms with Gasteiger partial charge >= 0.3 is 0 Å². The third-order valence-corrected chi connectivity index (χ3v) is 6.42. The van der Waals surface area contributed by atoms with E-state index in [1.165, 1.54) is 52.8 Å². The van der Waals surface area contributed by atoms with Crippen LogP contribution in [0.4, 0.5) is 0 Å². The van der Waals surface area contributed by atoms with Gasteiger partial charge in [-0.1, -0.05) is 33.1 Å². The van der Waals surface area contributed by atoms with Crippen molar-refractivity contribution in [3.05, 3.63) is 20.3 Å². The normalized spacial score (nSPS) is 20.4. The quantitative estimate of drug-likeness (QED) is 0.708. The van der Waals surface area contributed by atoms with Crippen LogP contribution in [0.15, 0.2) is 10.5 Å². The van der Waals surface area contributed by atoms with Gasteiger partial charge in [0.1, 0.15) is 0 Å². The number of halogens is 1. The molecule has 2 rings (SSSR count). The van der Waals surface area contributed by atoms with Crippen LogP contribution in [-0.4, -0.2) is 6.54 Å². The Labute approximate surface area is 130 Å². The fourth-order valence-electron chi connectivity index (χ4n) is 3.29. The molecule has 1 fully saturated rings. The highest BCUT2D eigenvalue weighted by atomic mass is 79.9. The van der Waals surface area contributed by atoms with Crippen molar-refractivity contribution in [2.45, 2.75) is 65.3 Å². The van der Waals surface area contributed by atoms with Gasteiger partial charge in [0, 0.05) is 20.3 Å². The van der Waals surface area contributed by atoms with E-state index >= 15 is 0 Å². The second-order valence-corrected chi connectivity index (χ2v) is 8.31. The average Bonchev–Trinajstić information content (AvgIpc) is 2.70. The molecule has 1 atom stereocenters. The van der Waals surface area contributed by atoms with Gasteiger partial charge in [-0.25, -0.2) is 0 Å². The zero-order chi connectivity index (χ0) is 13.9. The zero-order valence-corrected chi connectivity index (χ0v) is 14.8. The Morgan fingerprint density at radius 1 is 1.37 bits per heavy atom. The molecule has 1 aliphatic rings. The number of nitrogens with one attached hydrogen (secondary N) is 1. The molecule has 0 aromatic carbocycles. The molecule has 1 saturated carbocycles. The number of hydrogen-bond donors (Lipinski definition) is 1. The molecule has 3 heteroatoms. The highest BCUT2D eigenvalue weighted by Gasteiger charge is 2.37. The molecule has 1 N–H and O–H groups in total. The number of aryl methyl sites for hydroxylation is 1. The molecule has 1 aliphatic carbocycles. The van der Waals surface area contributed by atoms with E-state index in [4.69, 9.17) is 0 Å². The largest absolute Gasteiger partial charge is 0.309 e. The van der Waals surface area contributed by atoms with E-state index in [0.29, 0.717) is 11.5 Å². The Morgan fingerprint density at radius 3 is 2.58 bits per heavy atom. The van der Waals surface area contributed by atoms with Gasteiger partial charge in [0.2, 0.25) is 0 Å². The van der Waals surface area contributed by atoms with Crippen molar-refractivity contribution >= 4 is 27.3 Å². The second-order valence-electron chi connectivity index (χ2n) is 6.17. The lowest BCUT2D eigenvalue weighted by Crippen LogP contribution is -2.37. The van der Waals surface area contributed by atoms with E-state index < -0.39 is 0 Å². The molecule has 1 aromatic rings. The van der Waals surface area contributed by atoms with Gasteiger partial charge in [0.15, 0.2) is 0 Å². The zero-order valence-electron chi connectivity index (χ0n) is 12.4. The Bertz CT molecular complexity index is 407. The molecular formula is C16H26BrNS. The first-order valence-corrected chi connectivity index (χ1v) is 9.17. The maximum absolute atomic E-state index is 3.83. The molecule has 0 spiro atoms. The van der Waals surface area contributed by atoms with Crippen molar-refractivity contribution in [1.82, 2.24) is 5.32 Å². The van der Waals surface area contributed by atoms with E-state index in [2.05, 4.69) is 48.1 Å². The van der Waals surface area contributed by atoms with Gasteiger partial charge in [-0.2, -0.15) is 0 Å². The van der Waals surface area contributed by atoms with Gasteiger partial charge in [-0.15, -0.1) is 11.3 Å². The summed E-state index contributed by atoms with van der Waals surface area (Å²) in [6.07, 6.45) is 8.12. The Kier molecular flexibility index (Phi) is 5.50. The van der Waals surface area contributed by atoms with Crippen LogP contribution < -0.4 is 5.32 Å². The van der Waals surface area contributed by atoms with Crippen molar-refractivity contribution in [3.8, 4) is 0 Å². The lowest BCUT2D eigenvalue weighted by molar-refractivity contribution is 0.146. The van der Waals surface area contributed by atoms with Crippen molar-refractivity contribution < 1.29 is 0 Å². The molecule has 1 nitrogen and oxygen atoms in total. The van der Waals surface area contributed by atoms with E-state index in [-0.39, 0.29) is 0 Å². The summed E-state index contributed by atoms with van der Waals surface area (Å²) >= 11 is 5.73. The van der Waals surface area contributed by atoms with Crippen LogP contribution in [0, 0.1) is 12.3 Å². The molecule has 108 valence electrons. The van der Waals surface area contributed by atoms with Crippen LogP contribution in [0.5, 0.6) is 0 Å². The van der Waals surface area contributed by atoms with Crippen molar-refractivity contribution in [1.29, 1.82) is 0 Å². The van der Waals surface area contributed by atoms with E-state index in [9.17, 15) is 0 Å². The number of hydrogen-bond acceptors (Lipinski definition) is 2. The molecule has 0 saturated heterocycles. The van der Waals surface area contributed by atoms with Gasteiger partial charge in [0.25, 0.3) is 0 Å². The molecule has 0 radical (unpaired) electrons. The van der Waals surface area contributed by atoms with Gasteiger partial charge in [-0.05, 0) is 60.1 Å². The minimum Gasteiger partial charge on any atom is -0.309 e. The fraction of sp³-hybridized carbons (Fsp3) is 0.750. The SMILES string of the molecule is CCCNC(c1sc(C)cc1Br)C1(C)CCCCC1. The van der Waals surface area contributed by atoms with Gasteiger partial charge in [-0.3, -0.25) is 0 Å². The molecule has 0 aliphatic heterocycles. The second kappa shape index (κ2) is 6.73. The summed E-state index contributed by atoms with van der Waals surface area (Å²) in [5.41, 5.74) is 0.424. The minimum absolute atomic E-state index is 0.424. The summed E-state index contributed by atoms with van der Waals surface area (Å²) < 4.78 is 1.30. The first kappa shape index (κ1) is 15.5. The molecule has 1 aromatic heterocycles. The Hall–Kier alpha value is 0.140. The monoisotopic (exact) mass is 343 g/mol. The molecule has 1 heterocycles. The minimum atomic E-state index is 0.424. The first-order valence-electron chi connectivity index (χ1n) is 7.56. The Balaban J connectivity index is 2.26. The first-order chi connectivity index (χ1) is 9.07. The molecule has 0 bridgehead atoms. The van der Waals surface area contributed by atoms with Crippen molar-refractivity contribution in [2.24, 2.45) is 5.41 Å². The lowest BCUT2D eigenvalue weighted by Gasteiger charge is -2.41. The smallest absolute Gasteiger partial charge is 0.0480 e. The number of thiophene rings is 1. The van der Waals surface area contributed by atoms with Crippen LogP contribution in [0.3, 0.4) is 0 Å². The highest BCUT2D eigenvalue weighted by molar-refractivity contribution is 9.10. The van der Waals surface area contributed by atoms with Crippen LogP contribution >= 0.6 is 27.3 Å². The van der Waals surface area contributed by atoms with Crippen LogP contribution in [0.1, 0.15) is 68.2 Å². The highest BCUT2D eigenvalue weighted by Crippen LogP contribution is 2.49. The maximum atomic E-state index is 3.83.